The second kappa shape index (κ2) is 4.83. The summed E-state index contributed by atoms with van der Waals surface area (Å²) in [6.07, 6.45) is 3.56. The third-order valence-corrected chi connectivity index (χ3v) is 4.28. The van der Waals surface area contributed by atoms with Crippen LogP contribution in [-0.2, 0) is 13.6 Å². The van der Waals surface area contributed by atoms with Crippen molar-refractivity contribution in [3.05, 3.63) is 41.1 Å². The fraction of sp³-hybridized carbons (Fsp3) is 0.231. The molecule has 19 heavy (non-hydrogen) atoms. The molecule has 98 valence electrons. The molecule has 0 bridgehead atoms. The number of fused-ring (bicyclic) bond motifs is 1. The summed E-state index contributed by atoms with van der Waals surface area (Å²) in [4.78, 5) is 4.27. The number of hydrogen-bond donors (Lipinski definition) is 1. The number of aryl methyl sites for hydroxylation is 1. The maximum atomic E-state index is 5.97. The van der Waals surface area contributed by atoms with Gasteiger partial charge in [-0.25, -0.2) is 4.98 Å². The molecule has 0 radical (unpaired) electrons. The lowest BCUT2D eigenvalue weighted by atomic mass is 10.1. The number of rotatable bonds is 3. The van der Waals surface area contributed by atoms with E-state index >= 15 is 0 Å². The highest BCUT2D eigenvalue weighted by Gasteiger charge is 2.06. The zero-order chi connectivity index (χ0) is 13.4. The van der Waals surface area contributed by atoms with E-state index in [2.05, 4.69) is 33.7 Å². The van der Waals surface area contributed by atoms with Crippen molar-refractivity contribution in [2.75, 3.05) is 5.32 Å². The fourth-order valence-corrected chi connectivity index (χ4v) is 2.80. The molecule has 0 unspecified atom stereocenters. The van der Waals surface area contributed by atoms with Crippen LogP contribution in [-0.4, -0.2) is 13.9 Å². The molecule has 4 nitrogen and oxygen atoms in total. The van der Waals surface area contributed by atoms with E-state index in [-0.39, 0.29) is 0 Å². The summed E-state index contributed by atoms with van der Waals surface area (Å²) in [5, 5.41) is 5.24. The number of anilines is 1. The first-order valence-corrected chi connectivity index (χ1v) is 7.05. The van der Waals surface area contributed by atoms with E-state index < -0.39 is 0 Å². The van der Waals surface area contributed by atoms with Gasteiger partial charge >= 0.3 is 0 Å². The highest BCUT2D eigenvalue weighted by atomic mass is 35.5. The first-order chi connectivity index (χ1) is 9.15. The van der Waals surface area contributed by atoms with Gasteiger partial charge in [0.25, 0.3) is 0 Å². The molecule has 0 aliphatic heterocycles. The molecule has 1 N–H and O–H groups in total. The molecule has 3 aromatic rings. The Balaban J connectivity index is 1.85. The van der Waals surface area contributed by atoms with Crippen molar-refractivity contribution in [1.29, 1.82) is 0 Å². The van der Waals surface area contributed by atoms with E-state index in [1.165, 1.54) is 27.2 Å². The first-order valence-electron chi connectivity index (χ1n) is 5.90. The Bertz CT molecular complexity index is 731. The molecule has 0 atom stereocenters. The minimum atomic E-state index is 0.645. The summed E-state index contributed by atoms with van der Waals surface area (Å²) >= 11 is 7.48. The Morgan fingerprint density at radius 1 is 1.37 bits per heavy atom. The van der Waals surface area contributed by atoms with Crippen LogP contribution >= 0.6 is 23.1 Å². The Hall–Kier alpha value is -1.59. The molecule has 3 rings (SSSR count). The predicted octanol–water partition coefficient (Wildman–Crippen LogP) is 3.60. The van der Waals surface area contributed by atoms with Gasteiger partial charge in [0.05, 0.1) is 17.4 Å². The minimum absolute atomic E-state index is 0.645. The molecule has 0 spiro atoms. The lowest BCUT2D eigenvalue weighted by Gasteiger charge is -2.09. The number of nitrogens with one attached hydrogen (secondary N) is 1. The quantitative estimate of drug-likeness (QED) is 0.802. The second-order valence-electron chi connectivity index (χ2n) is 4.44. The molecular formula is C13H13ClN4S. The summed E-state index contributed by atoms with van der Waals surface area (Å²) in [6.45, 7) is 2.74. The molecule has 0 saturated carbocycles. The molecule has 0 amide bonds. The van der Waals surface area contributed by atoms with Crippen LogP contribution in [0.5, 0.6) is 0 Å². The van der Waals surface area contributed by atoms with Crippen molar-refractivity contribution >= 4 is 38.9 Å². The normalized spacial score (nSPS) is 11.1. The van der Waals surface area contributed by atoms with E-state index in [1.807, 2.05) is 17.8 Å². The third kappa shape index (κ3) is 2.31. The van der Waals surface area contributed by atoms with E-state index in [0.29, 0.717) is 11.7 Å². The largest absolute Gasteiger partial charge is 0.378 e. The number of nitrogens with zero attached hydrogens (tertiary/aromatic N) is 3. The van der Waals surface area contributed by atoms with E-state index in [9.17, 15) is 0 Å². The SMILES string of the molecule is Cc1cc2cnsc2cc1NCc1ncc(Cl)n1C. The Morgan fingerprint density at radius 3 is 2.95 bits per heavy atom. The molecule has 0 saturated heterocycles. The summed E-state index contributed by atoms with van der Waals surface area (Å²) in [5.74, 6) is 0.911. The van der Waals surface area contributed by atoms with Crippen molar-refractivity contribution < 1.29 is 0 Å². The van der Waals surface area contributed by atoms with Crippen LogP contribution < -0.4 is 5.32 Å². The van der Waals surface area contributed by atoms with Crippen molar-refractivity contribution in [3.63, 3.8) is 0 Å². The maximum absolute atomic E-state index is 5.97. The summed E-state index contributed by atoms with van der Waals surface area (Å²) in [6, 6.07) is 4.28. The lowest BCUT2D eigenvalue weighted by Crippen LogP contribution is -2.06. The second-order valence-corrected chi connectivity index (χ2v) is 5.66. The molecule has 0 fully saturated rings. The van der Waals surface area contributed by atoms with E-state index in [4.69, 9.17) is 11.6 Å². The average molecular weight is 293 g/mol. The monoisotopic (exact) mass is 292 g/mol. The lowest BCUT2D eigenvalue weighted by molar-refractivity contribution is 0.813. The van der Waals surface area contributed by atoms with Crippen LogP contribution in [0.2, 0.25) is 5.15 Å². The topological polar surface area (TPSA) is 42.7 Å². The molecule has 0 aliphatic carbocycles. The molecule has 1 aromatic carbocycles. The van der Waals surface area contributed by atoms with Crippen LogP contribution in [0.4, 0.5) is 5.69 Å². The smallest absolute Gasteiger partial charge is 0.128 e. The third-order valence-electron chi connectivity index (χ3n) is 3.16. The highest BCUT2D eigenvalue weighted by Crippen LogP contribution is 2.26. The zero-order valence-electron chi connectivity index (χ0n) is 10.6. The van der Waals surface area contributed by atoms with Gasteiger partial charge in [0.15, 0.2) is 0 Å². The van der Waals surface area contributed by atoms with Gasteiger partial charge in [-0.15, -0.1) is 0 Å². The molecule has 2 aromatic heterocycles. The van der Waals surface area contributed by atoms with Crippen molar-refractivity contribution in [1.82, 2.24) is 13.9 Å². The van der Waals surface area contributed by atoms with E-state index in [0.717, 1.165) is 11.5 Å². The number of halogens is 1. The summed E-state index contributed by atoms with van der Waals surface area (Å²) < 4.78 is 7.26. The Kier molecular flexibility index (Phi) is 3.16. The van der Waals surface area contributed by atoms with Gasteiger partial charge in [-0.1, -0.05) is 11.6 Å². The zero-order valence-corrected chi connectivity index (χ0v) is 12.2. The van der Waals surface area contributed by atoms with Gasteiger partial charge in [0, 0.05) is 24.3 Å². The summed E-state index contributed by atoms with van der Waals surface area (Å²) in [5.41, 5.74) is 2.31. The predicted molar refractivity (Wildman–Crippen MR) is 79.9 cm³/mol. The molecule has 2 heterocycles. The van der Waals surface area contributed by atoms with Crippen molar-refractivity contribution in [2.24, 2.45) is 7.05 Å². The van der Waals surface area contributed by atoms with Gasteiger partial charge in [-0.05, 0) is 36.2 Å². The number of hydrogen-bond acceptors (Lipinski definition) is 4. The van der Waals surface area contributed by atoms with Crippen LogP contribution in [0.25, 0.3) is 10.1 Å². The van der Waals surface area contributed by atoms with Crippen LogP contribution in [0.3, 0.4) is 0 Å². The standard InChI is InChI=1S/C13H13ClN4S/c1-8-3-9-5-17-19-11(9)4-10(8)15-7-13-16-6-12(14)18(13)2/h3-6,15H,7H2,1-2H3. The average Bonchev–Trinajstić information content (AvgIpc) is 2.96. The Morgan fingerprint density at radius 2 is 2.21 bits per heavy atom. The van der Waals surface area contributed by atoms with Gasteiger partial charge < -0.3 is 9.88 Å². The van der Waals surface area contributed by atoms with Crippen LogP contribution in [0.15, 0.2) is 24.5 Å². The van der Waals surface area contributed by atoms with Gasteiger partial charge in [0.2, 0.25) is 0 Å². The number of imidazole rings is 1. The minimum Gasteiger partial charge on any atom is -0.378 e. The van der Waals surface area contributed by atoms with Gasteiger partial charge in [-0.3, -0.25) is 0 Å². The molecular weight excluding hydrogens is 280 g/mol. The van der Waals surface area contributed by atoms with Gasteiger partial charge in [-0.2, -0.15) is 4.37 Å². The van der Waals surface area contributed by atoms with E-state index in [1.54, 1.807) is 6.20 Å². The van der Waals surface area contributed by atoms with Gasteiger partial charge in [0.1, 0.15) is 11.0 Å². The maximum Gasteiger partial charge on any atom is 0.128 e. The number of aromatic nitrogens is 3. The van der Waals surface area contributed by atoms with Crippen LogP contribution in [0.1, 0.15) is 11.4 Å². The Labute approximate surface area is 120 Å². The fourth-order valence-electron chi connectivity index (χ4n) is 1.98. The number of benzene rings is 1. The molecule has 0 aliphatic rings. The first kappa shape index (κ1) is 12.4. The van der Waals surface area contributed by atoms with Crippen molar-refractivity contribution in [3.8, 4) is 0 Å². The molecule has 6 heteroatoms. The summed E-state index contributed by atoms with van der Waals surface area (Å²) in [7, 11) is 1.91. The highest BCUT2D eigenvalue weighted by molar-refractivity contribution is 7.13. The van der Waals surface area contributed by atoms with Crippen molar-refractivity contribution in [2.45, 2.75) is 13.5 Å². The van der Waals surface area contributed by atoms with Crippen LogP contribution in [0, 0.1) is 6.92 Å².